The summed E-state index contributed by atoms with van der Waals surface area (Å²) in [6.07, 6.45) is 8.31. The van der Waals surface area contributed by atoms with Gasteiger partial charge < -0.3 is 4.57 Å². The lowest BCUT2D eigenvalue weighted by Gasteiger charge is -2.05. The van der Waals surface area contributed by atoms with Crippen LogP contribution in [0.1, 0.15) is 54.9 Å². The zero-order chi connectivity index (χ0) is 19.3. The number of para-hydroxylation sites is 1. The summed E-state index contributed by atoms with van der Waals surface area (Å²) >= 11 is 0. The van der Waals surface area contributed by atoms with Gasteiger partial charge in [0.1, 0.15) is 0 Å². The first-order valence-corrected chi connectivity index (χ1v) is 10.4. The van der Waals surface area contributed by atoms with Gasteiger partial charge in [-0.05, 0) is 23.3 Å². The molecular weight excluding hydrogens is 342 g/mol. The smallest absolute Gasteiger partial charge is 0.195 e. The first kappa shape index (κ1) is 18.5. The maximum atomic E-state index is 13.5. The number of carbonyl (C=O) groups is 1. The van der Waals surface area contributed by atoms with Crippen molar-refractivity contribution < 1.29 is 4.79 Å². The highest BCUT2D eigenvalue weighted by Crippen LogP contribution is 2.27. The van der Waals surface area contributed by atoms with Crippen LogP contribution in [0.5, 0.6) is 0 Å². The Hall–Kier alpha value is -2.87. The third-order valence-corrected chi connectivity index (χ3v) is 5.57. The van der Waals surface area contributed by atoms with Crippen LogP contribution in [0.2, 0.25) is 0 Å². The molecular formula is C26H27NO. The predicted molar refractivity (Wildman–Crippen MR) is 118 cm³/mol. The Balaban J connectivity index is 1.69. The number of hydrogen-bond donors (Lipinski definition) is 0. The van der Waals surface area contributed by atoms with Crippen LogP contribution in [-0.2, 0) is 6.54 Å². The van der Waals surface area contributed by atoms with E-state index in [1.807, 2.05) is 36.4 Å². The summed E-state index contributed by atoms with van der Waals surface area (Å²) in [5.41, 5.74) is 2.74. The number of nitrogens with zero attached hydrogens (tertiary/aromatic N) is 1. The van der Waals surface area contributed by atoms with Gasteiger partial charge >= 0.3 is 0 Å². The number of rotatable bonds is 8. The van der Waals surface area contributed by atoms with Crippen molar-refractivity contribution in [2.24, 2.45) is 0 Å². The Kier molecular flexibility index (Phi) is 5.57. The molecule has 0 aliphatic carbocycles. The number of unbranched alkanes of at least 4 members (excludes halogenated alkanes) is 4. The summed E-state index contributed by atoms with van der Waals surface area (Å²) in [4.78, 5) is 13.5. The minimum Gasteiger partial charge on any atom is -0.347 e. The van der Waals surface area contributed by atoms with Gasteiger partial charge in [0.2, 0.25) is 0 Å². The Labute approximate surface area is 166 Å². The molecule has 0 saturated carbocycles. The highest BCUT2D eigenvalue weighted by Gasteiger charge is 2.18. The molecule has 142 valence electrons. The minimum atomic E-state index is 0.109. The SMILES string of the molecule is CCCCCCCn1cc(C(=O)c2cccc3ccccc23)c2ccccc21. The van der Waals surface area contributed by atoms with Crippen LogP contribution in [-0.4, -0.2) is 10.4 Å². The van der Waals surface area contributed by atoms with Crippen LogP contribution >= 0.6 is 0 Å². The predicted octanol–water partition coefficient (Wildman–Crippen LogP) is 7.00. The first-order valence-electron chi connectivity index (χ1n) is 10.4. The van der Waals surface area contributed by atoms with Crippen molar-refractivity contribution >= 4 is 27.5 Å². The van der Waals surface area contributed by atoms with E-state index in [2.05, 4.69) is 48.0 Å². The highest BCUT2D eigenvalue weighted by atomic mass is 16.1. The lowest BCUT2D eigenvalue weighted by molar-refractivity contribution is 0.104. The Morgan fingerprint density at radius 1 is 0.750 bits per heavy atom. The van der Waals surface area contributed by atoms with E-state index in [4.69, 9.17) is 0 Å². The maximum absolute atomic E-state index is 13.5. The molecule has 1 aromatic heterocycles. The average Bonchev–Trinajstić information content (AvgIpc) is 3.11. The van der Waals surface area contributed by atoms with Crippen molar-refractivity contribution in [3.63, 3.8) is 0 Å². The fourth-order valence-electron chi connectivity index (χ4n) is 4.07. The normalized spacial score (nSPS) is 11.3. The fraction of sp³-hybridized carbons (Fsp3) is 0.269. The topological polar surface area (TPSA) is 22.0 Å². The zero-order valence-electron chi connectivity index (χ0n) is 16.5. The molecule has 0 saturated heterocycles. The van der Waals surface area contributed by atoms with Gasteiger partial charge in [0, 0.05) is 34.8 Å². The molecule has 1 heterocycles. The molecule has 0 amide bonds. The second-order valence-electron chi connectivity index (χ2n) is 7.52. The van der Waals surface area contributed by atoms with Gasteiger partial charge in [-0.2, -0.15) is 0 Å². The number of fused-ring (bicyclic) bond motifs is 2. The summed E-state index contributed by atoms with van der Waals surface area (Å²) in [7, 11) is 0. The van der Waals surface area contributed by atoms with Crippen molar-refractivity contribution in [2.45, 2.75) is 45.6 Å². The van der Waals surface area contributed by atoms with E-state index in [0.717, 1.165) is 45.8 Å². The molecule has 28 heavy (non-hydrogen) atoms. The molecule has 0 aliphatic rings. The third kappa shape index (κ3) is 3.60. The molecule has 4 rings (SSSR count). The Bertz CT molecular complexity index is 1100. The molecule has 0 atom stereocenters. The molecule has 0 radical (unpaired) electrons. The molecule has 0 fully saturated rings. The van der Waals surface area contributed by atoms with Gasteiger partial charge in [-0.1, -0.05) is 93.3 Å². The molecule has 3 aromatic carbocycles. The van der Waals surface area contributed by atoms with Crippen molar-refractivity contribution in [3.05, 3.63) is 84.1 Å². The quantitative estimate of drug-likeness (QED) is 0.242. The van der Waals surface area contributed by atoms with Crippen LogP contribution in [0.3, 0.4) is 0 Å². The maximum Gasteiger partial charge on any atom is 0.195 e. The van der Waals surface area contributed by atoms with E-state index in [0.29, 0.717) is 0 Å². The summed E-state index contributed by atoms with van der Waals surface area (Å²) in [5.74, 6) is 0.109. The monoisotopic (exact) mass is 369 g/mol. The van der Waals surface area contributed by atoms with E-state index in [1.165, 1.54) is 25.7 Å². The van der Waals surface area contributed by atoms with Crippen LogP contribution in [0.4, 0.5) is 0 Å². The molecule has 2 heteroatoms. The third-order valence-electron chi connectivity index (χ3n) is 5.57. The molecule has 4 aromatic rings. The summed E-state index contributed by atoms with van der Waals surface area (Å²) in [6, 6.07) is 22.4. The van der Waals surface area contributed by atoms with Crippen LogP contribution in [0.25, 0.3) is 21.7 Å². The average molecular weight is 370 g/mol. The molecule has 0 aliphatic heterocycles. The van der Waals surface area contributed by atoms with Gasteiger partial charge in [0.05, 0.1) is 0 Å². The summed E-state index contributed by atoms with van der Waals surface area (Å²) in [6.45, 7) is 3.21. The highest BCUT2D eigenvalue weighted by molar-refractivity contribution is 6.21. The fourth-order valence-corrected chi connectivity index (χ4v) is 4.07. The molecule has 0 N–H and O–H groups in total. The van der Waals surface area contributed by atoms with Crippen LogP contribution < -0.4 is 0 Å². The van der Waals surface area contributed by atoms with Crippen molar-refractivity contribution in [1.29, 1.82) is 0 Å². The molecule has 0 unspecified atom stereocenters. The van der Waals surface area contributed by atoms with E-state index in [-0.39, 0.29) is 5.78 Å². The first-order chi connectivity index (χ1) is 13.8. The van der Waals surface area contributed by atoms with Crippen molar-refractivity contribution in [3.8, 4) is 0 Å². The number of hydrogen-bond acceptors (Lipinski definition) is 1. The molecule has 0 bridgehead atoms. The lowest BCUT2D eigenvalue weighted by atomic mass is 9.97. The number of aryl methyl sites for hydroxylation is 1. The number of carbonyl (C=O) groups excluding carboxylic acids is 1. The van der Waals surface area contributed by atoms with E-state index in [9.17, 15) is 4.79 Å². The van der Waals surface area contributed by atoms with Crippen LogP contribution in [0.15, 0.2) is 72.9 Å². The van der Waals surface area contributed by atoms with E-state index in [1.54, 1.807) is 0 Å². The second-order valence-corrected chi connectivity index (χ2v) is 7.52. The summed E-state index contributed by atoms with van der Waals surface area (Å²) < 4.78 is 2.26. The zero-order valence-corrected chi connectivity index (χ0v) is 16.5. The van der Waals surface area contributed by atoms with Crippen molar-refractivity contribution in [2.75, 3.05) is 0 Å². The standard InChI is InChI=1S/C26H27NO/c1-2-3-4-5-10-18-27-19-24(22-15-8-9-17-25(22)27)26(28)23-16-11-13-20-12-6-7-14-21(20)23/h6-9,11-17,19H,2-5,10,18H2,1H3. The second kappa shape index (κ2) is 8.43. The number of benzene rings is 3. The van der Waals surface area contributed by atoms with E-state index >= 15 is 0 Å². The lowest BCUT2D eigenvalue weighted by Crippen LogP contribution is -2.02. The molecule has 0 spiro atoms. The number of ketones is 1. The van der Waals surface area contributed by atoms with Gasteiger partial charge in [-0.15, -0.1) is 0 Å². The van der Waals surface area contributed by atoms with Gasteiger partial charge in [-0.25, -0.2) is 0 Å². The number of aromatic nitrogens is 1. The largest absolute Gasteiger partial charge is 0.347 e. The van der Waals surface area contributed by atoms with Crippen molar-refractivity contribution in [1.82, 2.24) is 4.57 Å². The van der Waals surface area contributed by atoms with Gasteiger partial charge in [0.25, 0.3) is 0 Å². The van der Waals surface area contributed by atoms with Crippen LogP contribution in [0, 0.1) is 0 Å². The van der Waals surface area contributed by atoms with Gasteiger partial charge in [-0.3, -0.25) is 4.79 Å². The van der Waals surface area contributed by atoms with Gasteiger partial charge in [0.15, 0.2) is 5.78 Å². The van der Waals surface area contributed by atoms with E-state index < -0.39 is 0 Å². The summed E-state index contributed by atoms with van der Waals surface area (Å²) in [5, 5.41) is 3.17. The molecule has 2 nitrogen and oxygen atoms in total. The Morgan fingerprint density at radius 3 is 2.32 bits per heavy atom. The Morgan fingerprint density at radius 2 is 1.46 bits per heavy atom. The minimum absolute atomic E-state index is 0.109.